The first-order valence-electron chi connectivity index (χ1n) is 11.6. The quantitative estimate of drug-likeness (QED) is 0.234. The zero-order valence-electron chi connectivity index (χ0n) is 20.3. The summed E-state index contributed by atoms with van der Waals surface area (Å²) in [4.78, 5) is 53.0. The molecule has 13 nitrogen and oxygen atoms in total. The number of aliphatic hydroxyl groups is 3. The number of phenols is 1. The van der Waals surface area contributed by atoms with Gasteiger partial charge in [0.15, 0.2) is 11.4 Å². The van der Waals surface area contributed by atoms with E-state index in [0.29, 0.717) is 5.56 Å². The molecular formula is C25H24N4O9. The molecule has 7 N–H and O–H groups in total. The molecule has 1 saturated carbocycles. The predicted molar refractivity (Wildman–Crippen MR) is 129 cm³/mol. The van der Waals surface area contributed by atoms with E-state index in [-0.39, 0.29) is 35.4 Å². The second-order valence-corrected chi connectivity index (χ2v) is 9.78. The number of benzene rings is 1. The van der Waals surface area contributed by atoms with Crippen LogP contribution < -0.4 is 11.1 Å². The van der Waals surface area contributed by atoms with Crippen molar-refractivity contribution in [1.29, 1.82) is 0 Å². The summed E-state index contributed by atoms with van der Waals surface area (Å²) in [5.74, 6) is -8.18. The minimum absolute atomic E-state index is 0.0228. The standard InChI is InChI=1S/C25H24N4O9/c1-29(2)18-11-8-9-7-10-12(28-24(36)14-5-6-27-38-14)3-4-13(30)16(10)19(31)15(9)21(33)25(11,37)22(34)17(20(18)32)23(26)35/h3-6,9,11,18,30-31,34,37H,7-8H2,1-2H3,(H2,26,35)(H,28,36)/t9-,11-,18-,25-/m0/s1. The van der Waals surface area contributed by atoms with Gasteiger partial charge in [0, 0.05) is 23.2 Å². The van der Waals surface area contributed by atoms with Crippen LogP contribution in [0.25, 0.3) is 5.76 Å². The highest BCUT2D eigenvalue weighted by atomic mass is 16.5. The van der Waals surface area contributed by atoms with Gasteiger partial charge in [-0.05, 0) is 50.6 Å². The van der Waals surface area contributed by atoms with E-state index < -0.39 is 69.7 Å². The molecule has 1 aromatic carbocycles. The van der Waals surface area contributed by atoms with Gasteiger partial charge in [0.25, 0.3) is 11.8 Å². The van der Waals surface area contributed by atoms with Crippen LogP contribution in [0.5, 0.6) is 5.75 Å². The fourth-order valence-corrected chi connectivity index (χ4v) is 5.88. The van der Waals surface area contributed by atoms with Gasteiger partial charge in [-0.2, -0.15) is 0 Å². The number of rotatable bonds is 4. The van der Waals surface area contributed by atoms with E-state index in [4.69, 9.17) is 10.3 Å². The molecule has 3 aliphatic carbocycles. The molecule has 1 aromatic heterocycles. The molecule has 5 rings (SSSR count). The van der Waals surface area contributed by atoms with Crippen LogP contribution in [0.15, 0.2) is 45.8 Å². The number of fused-ring (bicyclic) bond motifs is 3. The van der Waals surface area contributed by atoms with Gasteiger partial charge in [0.05, 0.1) is 17.8 Å². The van der Waals surface area contributed by atoms with Gasteiger partial charge in [0.2, 0.25) is 11.5 Å². The number of primary amides is 1. The Hall–Kier alpha value is -4.49. The molecule has 2 aromatic rings. The molecule has 0 aliphatic heterocycles. The second-order valence-electron chi connectivity index (χ2n) is 9.78. The van der Waals surface area contributed by atoms with Crippen molar-refractivity contribution in [1.82, 2.24) is 10.1 Å². The average molecular weight is 524 g/mol. The van der Waals surface area contributed by atoms with Gasteiger partial charge < -0.3 is 36.0 Å². The van der Waals surface area contributed by atoms with E-state index in [2.05, 4.69) is 10.5 Å². The third kappa shape index (κ3) is 3.35. The van der Waals surface area contributed by atoms with Crippen LogP contribution in [0.2, 0.25) is 0 Å². The molecule has 1 fully saturated rings. The number of amides is 2. The summed E-state index contributed by atoms with van der Waals surface area (Å²) in [6.45, 7) is 0. The van der Waals surface area contributed by atoms with Gasteiger partial charge in [0.1, 0.15) is 22.8 Å². The molecule has 0 radical (unpaired) electrons. The molecule has 2 amide bonds. The number of hydrogen-bond donors (Lipinski definition) is 6. The van der Waals surface area contributed by atoms with Crippen molar-refractivity contribution >= 4 is 34.8 Å². The molecule has 1 heterocycles. The number of carbonyl (C=O) groups is 4. The number of aromatic nitrogens is 1. The molecular weight excluding hydrogens is 500 g/mol. The number of aromatic hydroxyl groups is 1. The maximum Gasteiger partial charge on any atom is 0.294 e. The first-order chi connectivity index (χ1) is 17.9. The number of nitrogens with two attached hydrogens (primary N) is 1. The zero-order valence-corrected chi connectivity index (χ0v) is 20.3. The fourth-order valence-electron chi connectivity index (χ4n) is 5.88. The van der Waals surface area contributed by atoms with Crippen molar-refractivity contribution < 1.29 is 44.1 Å². The number of phenolic OH excluding ortho intramolecular Hbond substituents is 1. The number of likely N-dealkylation sites (N-methyl/N-ethyl adjacent to an activating group) is 1. The SMILES string of the molecule is CN(C)[C@@H]1C(=O)C(C(N)=O)=C(O)[C@@]2(O)C(=O)C3=C(O)c4c(O)ccc(NC(=O)c5ccno5)c4C[C@H]3C[C@@H]12. The van der Waals surface area contributed by atoms with Gasteiger partial charge in [-0.15, -0.1) is 0 Å². The zero-order chi connectivity index (χ0) is 27.7. The molecule has 0 saturated heterocycles. The molecule has 13 heteroatoms. The molecule has 198 valence electrons. The average Bonchev–Trinajstić information content (AvgIpc) is 3.38. The summed E-state index contributed by atoms with van der Waals surface area (Å²) in [6.07, 6.45) is 1.24. The van der Waals surface area contributed by atoms with Crippen LogP contribution in [0.3, 0.4) is 0 Å². The van der Waals surface area contributed by atoms with E-state index in [1.54, 1.807) is 0 Å². The summed E-state index contributed by atoms with van der Waals surface area (Å²) < 4.78 is 4.87. The minimum Gasteiger partial charge on any atom is -0.508 e. The number of anilines is 1. The van der Waals surface area contributed by atoms with Crippen LogP contribution in [-0.2, 0) is 20.8 Å². The van der Waals surface area contributed by atoms with E-state index in [1.807, 2.05) is 0 Å². The number of carbonyl (C=O) groups excluding carboxylic acids is 4. The van der Waals surface area contributed by atoms with Gasteiger partial charge in [-0.25, -0.2) is 0 Å². The highest BCUT2D eigenvalue weighted by Crippen LogP contribution is 2.53. The van der Waals surface area contributed by atoms with Crippen molar-refractivity contribution in [2.24, 2.45) is 17.6 Å². The minimum atomic E-state index is -2.72. The fraction of sp³-hybridized carbons (Fsp3) is 0.320. The Kier molecular flexibility index (Phi) is 5.65. The molecule has 0 bridgehead atoms. The van der Waals surface area contributed by atoms with Crippen LogP contribution in [0, 0.1) is 11.8 Å². The van der Waals surface area contributed by atoms with E-state index in [0.717, 1.165) is 0 Å². The van der Waals surface area contributed by atoms with E-state index >= 15 is 0 Å². The first kappa shape index (κ1) is 25.2. The summed E-state index contributed by atoms with van der Waals surface area (Å²) in [5.41, 5.74) is 1.81. The Morgan fingerprint density at radius 2 is 1.89 bits per heavy atom. The number of nitrogens with one attached hydrogen (secondary N) is 1. The number of aliphatic hydroxyl groups excluding tert-OH is 2. The van der Waals surface area contributed by atoms with Crippen LogP contribution >= 0.6 is 0 Å². The molecule has 38 heavy (non-hydrogen) atoms. The van der Waals surface area contributed by atoms with E-state index in [9.17, 15) is 39.6 Å². The Balaban J connectivity index is 1.66. The predicted octanol–water partition coefficient (Wildman–Crippen LogP) is 0.204. The summed E-state index contributed by atoms with van der Waals surface area (Å²) in [7, 11) is 3.03. The van der Waals surface area contributed by atoms with Crippen LogP contribution in [0.1, 0.15) is 28.1 Å². The largest absolute Gasteiger partial charge is 0.508 e. The summed E-state index contributed by atoms with van der Waals surface area (Å²) in [6, 6.07) is 2.78. The Morgan fingerprint density at radius 1 is 1.18 bits per heavy atom. The molecule has 4 atom stereocenters. The Morgan fingerprint density at radius 3 is 2.50 bits per heavy atom. The van der Waals surface area contributed by atoms with Crippen molar-refractivity contribution in [2.75, 3.05) is 19.4 Å². The highest BCUT2D eigenvalue weighted by Gasteiger charge is 2.64. The third-order valence-corrected chi connectivity index (χ3v) is 7.51. The molecule has 0 spiro atoms. The second kappa shape index (κ2) is 8.53. The summed E-state index contributed by atoms with van der Waals surface area (Å²) in [5, 5.41) is 50.4. The molecule has 3 aliphatic rings. The lowest BCUT2D eigenvalue weighted by Crippen LogP contribution is -2.65. The maximum absolute atomic E-state index is 13.8. The monoisotopic (exact) mass is 524 g/mol. The lowest BCUT2D eigenvalue weighted by atomic mass is 9.57. The smallest absolute Gasteiger partial charge is 0.294 e. The van der Waals surface area contributed by atoms with Crippen molar-refractivity contribution in [3.8, 4) is 5.75 Å². The number of nitrogens with zero attached hydrogens (tertiary/aromatic N) is 2. The Labute approximate surface area is 214 Å². The van der Waals surface area contributed by atoms with Crippen molar-refractivity contribution in [3.63, 3.8) is 0 Å². The van der Waals surface area contributed by atoms with Crippen molar-refractivity contribution in [3.05, 3.63) is 58.2 Å². The van der Waals surface area contributed by atoms with Crippen molar-refractivity contribution in [2.45, 2.75) is 24.5 Å². The third-order valence-electron chi connectivity index (χ3n) is 7.51. The lowest BCUT2D eigenvalue weighted by Gasteiger charge is -2.50. The Bertz CT molecular complexity index is 1470. The number of Topliss-reactive ketones (excluding diaryl/α,β-unsaturated/α-hetero) is 2. The van der Waals surface area contributed by atoms with Gasteiger partial charge >= 0.3 is 0 Å². The summed E-state index contributed by atoms with van der Waals surface area (Å²) >= 11 is 0. The normalized spacial score (nSPS) is 26.7. The van der Waals surface area contributed by atoms with Gasteiger partial charge in [-0.1, -0.05) is 5.16 Å². The number of hydrogen-bond acceptors (Lipinski definition) is 11. The molecule has 0 unspecified atom stereocenters. The highest BCUT2D eigenvalue weighted by molar-refractivity contribution is 6.24. The number of ketones is 2. The van der Waals surface area contributed by atoms with Gasteiger partial charge in [-0.3, -0.25) is 24.1 Å². The topological polar surface area (TPSA) is 217 Å². The maximum atomic E-state index is 13.8. The first-order valence-corrected chi connectivity index (χ1v) is 11.6. The van der Waals surface area contributed by atoms with Crippen LogP contribution in [-0.4, -0.2) is 79.6 Å². The van der Waals surface area contributed by atoms with Crippen LogP contribution in [0.4, 0.5) is 5.69 Å². The van der Waals surface area contributed by atoms with E-state index in [1.165, 1.54) is 43.4 Å². The lowest BCUT2D eigenvalue weighted by molar-refractivity contribution is -0.153.